The number of rotatable bonds is 8. The van der Waals surface area contributed by atoms with Crippen molar-refractivity contribution in [1.82, 2.24) is 10.2 Å². The van der Waals surface area contributed by atoms with Crippen molar-refractivity contribution in [3.8, 4) is 11.5 Å². The monoisotopic (exact) mass is 600 g/mol. The smallest absolute Gasteiger partial charge is 0.290 e. The summed E-state index contributed by atoms with van der Waals surface area (Å²) in [6.45, 7) is 4.95. The molecule has 44 heavy (non-hydrogen) atoms. The van der Waals surface area contributed by atoms with E-state index in [0.717, 1.165) is 30.2 Å². The number of aliphatic hydroxyl groups excluding tert-OH is 2. The molecule has 2 amide bonds. The number of hydrogen-bond donors (Lipinski definition) is 3. The van der Waals surface area contributed by atoms with Crippen LogP contribution in [0.15, 0.2) is 64.6 Å². The average Bonchev–Trinajstić information content (AvgIpc) is 3.65. The Hall–Kier alpha value is -3.82. The van der Waals surface area contributed by atoms with Crippen molar-refractivity contribution in [3.63, 3.8) is 0 Å². The molecule has 8 rings (SSSR count). The minimum Gasteiger partial charge on any atom is -0.493 e. The molecule has 1 aromatic heterocycles. The second-order valence-corrected chi connectivity index (χ2v) is 13.3. The quantitative estimate of drug-likeness (QED) is 0.353. The van der Waals surface area contributed by atoms with Gasteiger partial charge in [-0.25, -0.2) is 0 Å². The Kier molecular flexibility index (Phi) is 7.21. The molecule has 9 nitrogen and oxygen atoms in total. The number of hydrogen-bond acceptors (Lipinski definition) is 7. The van der Waals surface area contributed by atoms with Gasteiger partial charge in [0.1, 0.15) is 18.0 Å². The molecule has 0 spiro atoms. The van der Waals surface area contributed by atoms with Gasteiger partial charge in [0, 0.05) is 29.6 Å². The zero-order valence-corrected chi connectivity index (χ0v) is 25.4. The van der Waals surface area contributed by atoms with Crippen LogP contribution in [0.2, 0.25) is 0 Å². The Labute approximate surface area is 256 Å². The van der Waals surface area contributed by atoms with E-state index in [1.54, 1.807) is 30.2 Å². The van der Waals surface area contributed by atoms with Gasteiger partial charge >= 0.3 is 0 Å². The SMILES string of the molecule is COc1cccc2cc(C(=O)N(CC3CCC4CC3C4(C)C)C3C=C(C(=O)NCCO)C4c5ccccc5OC4C3O)oc12. The van der Waals surface area contributed by atoms with Crippen molar-refractivity contribution in [2.24, 2.45) is 23.2 Å². The van der Waals surface area contributed by atoms with Gasteiger partial charge in [-0.1, -0.05) is 44.2 Å². The summed E-state index contributed by atoms with van der Waals surface area (Å²) in [4.78, 5) is 29.8. The largest absolute Gasteiger partial charge is 0.493 e. The standard InChI is InChI=1S/C35H40N2O7/c1-35(2)21-12-11-20(24(35)16-21)18-37(34(41)28-15-19-7-6-10-27(42-3)31(19)44-28)25-17-23(33(40)36-13-14-38)29-22-8-4-5-9-26(22)43-32(29)30(25)39/h4-10,15,17,20-21,24-25,29-30,32,38-39H,11-14,16,18H2,1-3H3,(H,36,40). The molecular weight excluding hydrogens is 560 g/mol. The van der Waals surface area contributed by atoms with Gasteiger partial charge in [-0.2, -0.15) is 0 Å². The van der Waals surface area contributed by atoms with E-state index >= 15 is 0 Å². The van der Waals surface area contributed by atoms with Gasteiger partial charge in [0.05, 0.1) is 25.7 Å². The first-order chi connectivity index (χ1) is 21.2. The maximum atomic E-state index is 14.5. The first-order valence-electron chi connectivity index (χ1n) is 15.6. The number of carbonyl (C=O) groups is 2. The zero-order valence-electron chi connectivity index (χ0n) is 25.4. The number of para-hydroxylation sites is 2. The molecule has 232 valence electrons. The average molecular weight is 601 g/mol. The van der Waals surface area contributed by atoms with E-state index in [2.05, 4.69) is 19.2 Å². The lowest BCUT2D eigenvalue weighted by atomic mass is 9.45. The number of nitrogens with zero attached hydrogens (tertiary/aromatic N) is 1. The summed E-state index contributed by atoms with van der Waals surface area (Å²) in [5.74, 6) is 1.47. The molecule has 3 saturated carbocycles. The Morgan fingerprint density at radius 3 is 2.70 bits per heavy atom. The fourth-order valence-electron chi connectivity index (χ4n) is 8.41. The van der Waals surface area contributed by atoms with Crippen molar-refractivity contribution in [2.75, 3.05) is 26.8 Å². The maximum absolute atomic E-state index is 14.5. The molecule has 7 atom stereocenters. The molecule has 2 bridgehead atoms. The third-order valence-electron chi connectivity index (χ3n) is 10.9. The van der Waals surface area contributed by atoms with Gasteiger partial charge in [-0.15, -0.1) is 0 Å². The Morgan fingerprint density at radius 2 is 1.95 bits per heavy atom. The second-order valence-electron chi connectivity index (χ2n) is 13.3. The van der Waals surface area contributed by atoms with E-state index < -0.39 is 24.2 Å². The van der Waals surface area contributed by atoms with Crippen molar-refractivity contribution >= 4 is 22.8 Å². The van der Waals surface area contributed by atoms with Crippen LogP contribution in [0.3, 0.4) is 0 Å². The number of furan rings is 1. The van der Waals surface area contributed by atoms with Crippen LogP contribution in [-0.4, -0.2) is 72.0 Å². The molecule has 2 aromatic carbocycles. The van der Waals surface area contributed by atoms with Gasteiger partial charge in [-0.3, -0.25) is 9.59 Å². The first kappa shape index (κ1) is 28.9. The van der Waals surface area contributed by atoms with Crippen molar-refractivity contribution in [2.45, 2.75) is 57.3 Å². The topological polar surface area (TPSA) is 121 Å². The summed E-state index contributed by atoms with van der Waals surface area (Å²) in [5.41, 5.74) is 1.91. The number of aliphatic hydroxyl groups is 2. The summed E-state index contributed by atoms with van der Waals surface area (Å²) in [6, 6.07) is 13.9. The number of ether oxygens (including phenoxy) is 2. The first-order valence-corrected chi connectivity index (χ1v) is 15.6. The molecule has 4 aliphatic carbocycles. The minimum atomic E-state index is -1.10. The van der Waals surface area contributed by atoms with E-state index in [1.807, 2.05) is 36.4 Å². The molecule has 3 N–H and O–H groups in total. The van der Waals surface area contributed by atoms with Crippen LogP contribution in [-0.2, 0) is 4.79 Å². The van der Waals surface area contributed by atoms with Crippen molar-refractivity contribution in [3.05, 3.63) is 71.5 Å². The molecule has 1 aliphatic heterocycles. The molecule has 3 aromatic rings. The molecular formula is C35H40N2O7. The Balaban J connectivity index is 1.31. The molecule has 5 aliphatic rings. The van der Waals surface area contributed by atoms with Gasteiger partial charge in [0.25, 0.3) is 5.91 Å². The van der Waals surface area contributed by atoms with Crippen molar-refractivity contribution < 1.29 is 33.7 Å². The lowest BCUT2D eigenvalue weighted by Gasteiger charge is -2.61. The van der Waals surface area contributed by atoms with Crippen LogP contribution in [0, 0.1) is 23.2 Å². The van der Waals surface area contributed by atoms with Crippen LogP contribution in [0.25, 0.3) is 11.0 Å². The molecule has 0 radical (unpaired) electrons. The Morgan fingerprint density at radius 1 is 1.14 bits per heavy atom. The highest BCUT2D eigenvalue weighted by atomic mass is 16.5. The van der Waals surface area contributed by atoms with Crippen molar-refractivity contribution in [1.29, 1.82) is 0 Å². The fourth-order valence-corrected chi connectivity index (χ4v) is 8.41. The summed E-state index contributed by atoms with van der Waals surface area (Å²) in [6.07, 6.45) is 3.13. The summed E-state index contributed by atoms with van der Waals surface area (Å²) in [7, 11) is 1.56. The van der Waals surface area contributed by atoms with Gasteiger partial charge in [0.15, 0.2) is 17.1 Å². The maximum Gasteiger partial charge on any atom is 0.290 e. The minimum absolute atomic E-state index is 0.0900. The van der Waals surface area contributed by atoms with Crippen LogP contribution in [0.1, 0.15) is 55.1 Å². The van der Waals surface area contributed by atoms with E-state index in [4.69, 9.17) is 13.9 Å². The number of carbonyl (C=O) groups excluding carboxylic acids is 2. The molecule has 0 saturated heterocycles. The zero-order chi connectivity index (χ0) is 30.7. The number of nitrogens with one attached hydrogen (secondary N) is 1. The highest BCUT2D eigenvalue weighted by molar-refractivity contribution is 5.99. The number of methoxy groups -OCH3 is 1. The van der Waals surface area contributed by atoms with Crippen LogP contribution >= 0.6 is 0 Å². The predicted octanol–water partition coefficient (Wildman–Crippen LogP) is 4.28. The highest BCUT2D eigenvalue weighted by Gasteiger charge is 2.56. The van der Waals surface area contributed by atoms with Gasteiger partial charge in [0.2, 0.25) is 5.91 Å². The number of benzene rings is 2. The van der Waals surface area contributed by atoms with E-state index in [1.165, 1.54) is 0 Å². The van der Waals surface area contributed by atoms with E-state index in [-0.39, 0.29) is 42.1 Å². The van der Waals surface area contributed by atoms with E-state index in [0.29, 0.717) is 41.0 Å². The third-order valence-corrected chi connectivity index (χ3v) is 10.9. The summed E-state index contributed by atoms with van der Waals surface area (Å²) < 4.78 is 17.9. The van der Waals surface area contributed by atoms with Crippen LogP contribution in [0.5, 0.6) is 11.5 Å². The molecule has 2 heterocycles. The lowest BCUT2D eigenvalue weighted by molar-refractivity contribution is -0.119. The molecule has 7 unspecified atom stereocenters. The summed E-state index contributed by atoms with van der Waals surface area (Å²) >= 11 is 0. The van der Waals surface area contributed by atoms with Crippen LogP contribution < -0.4 is 14.8 Å². The predicted molar refractivity (Wildman–Crippen MR) is 163 cm³/mol. The fraction of sp³-hybridized carbons (Fsp3) is 0.486. The normalized spacial score (nSPS) is 29.5. The number of amides is 2. The third kappa shape index (κ3) is 4.51. The second kappa shape index (κ2) is 11.0. The number of fused-ring (bicyclic) bond motifs is 6. The molecule has 9 heteroatoms. The van der Waals surface area contributed by atoms with E-state index in [9.17, 15) is 19.8 Å². The van der Waals surface area contributed by atoms with Gasteiger partial charge < -0.3 is 34.3 Å². The summed E-state index contributed by atoms with van der Waals surface area (Å²) in [5, 5.41) is 24.9. The van der Waals surface area contributed by atoms with Gasteiger partial charge in [-0.05, 0) is 66.7 Å². The lowest BCUT2D eigenvalue weighted by Crippen LogP contribution is -2.59. The van der Waals surface area contributed by atoms with Crippen LogP contribution in [0.4, 0.5) is 0 Å². The molecule has 3 fully saturated rings. The Bertz CT molecular complexity index is 1620. The highest BCUT2D eigenvalue weighted by Crippen LogP contribution is 2.61.